The lowest BCUT2D eigenvalue weighted by molar-refractivity contribution is 0.454. The van der Waals surface area contributed by atoms with E-state index in [1.165, 1.54) is 18.5 Å². The molecule has 1 aliphatic heterocycles. The van der Waals surface area contributed by atoms with Crippen LogP contribution in [-0.2, 0) is 6.54 Å². The molecule has 1 unspecified atom stereocenters. The Labute approximate surface area is 84.7 Å². The SMILES string of the molecule is NCc1ccc(C2CCCNC2)nc1. The topological polar surface area (TPSA) is 50.9 Å². The summed E-state index contributed by atoms with van der Waals surface area (Å²) >= 11 is 0. The Hall–Kier alpha value is -0.930. The lowest BCUT2D eigenvalue weighted by Crippen LogP contribution is -2.28. The zero-order chi connectivity index (χ0) is 9.80. The zero-order valence-electron chi connectivity index (χ0n) is 8.37. The number of piperidine rings is 1. The third kappa shape index (κ3) is 2.11. The number of hydrogen-bond acceptors (Lipinski definition) is 3. The highest BCUT2D eigenvalue weighted by molar-refractivity contribution is 5.17. The smallest absolute Gasteiger partial charge is 0.0447 e. The van der Waals surface area contributed by atoms with Crippen LogP contribution in [0.4, 0.5) is 0 Å². The normalized spacial score (nSPS) is 22.2. The van der Waals surface area contributed by atoms with Crippen molar-refractivity contribution in [1.82, 2.24) is 10.3 Å². The van der Waals surface area contributed by atoms with Crippen molar-refractivity contribution in [3.8, 4) is 0 Å². The molecule has 0 aliphatic carbocycles. The Kier molecular flexibility index (Phi) is 3.11. The van der Waals surface area contributed by atoms with E-state index in [1.807, 2.05) is 6.20 Å². The van der Waals surface area contributed by atoms with Crippen LogP contribution in [0.1, 0.15) is 30.0 Å². The van der Waals surface area contributed by atoms with Gasteiger partial charge in [0.2, 0.25) is 0 Å². The van der Waals surface area contributed by atoms with Crippen molar-refractivity contribution in [3.63, 3.8) is 0 Å². The van der Waals surface area contributed by atoms with Gasteiger partial charge in [-0.3, -0.25) is 4.98 Å². The number of hydrogen-bond donors (Lipinski definition) is 2. The number of nitrogens with two attached hydrogens (primary N) is 1. The number of aromatic nitrogens is 1. The van der Waals surface area contributed by atoms with E-state index in [0.29, 0.717) is 12.5 Å². The van der Waals surface area contributed by atoms with E-state index >= 15 is 0 Å². The van der Waals surface area contributed by atoms with Gasteiger partial charge in [-0.05, 0) is 31.0 Å². The maximum atomic E-state index is 5.53. The lowest BCUT2D eigenvalue weighted by Gasteiger charge is -2.22. The molecule has 14 heavy (non-hydrogen) atoms. The summed E-state index contributed by atoms with van der Waals surface area (Å²) in [7, 11) is 0. The van der Waals surface area contributed by atoms with Gasteiger partial charge in [0.05, 0.1) is 0 Å². The monoisotopic (exact) mass is 191 g/mol. The van der Waals surface area contributed by atoms with Crippen LogP contribution in [0, 0.1) is 0 Å². The molecule has 3 nitrogen and oxygen atoms in total. The highest BCUT2D eigenvalue weighted by Gasteiger charge is 2.15. The van der Waals surface area contributed by atoms with Crippen molar-refractivity contribution in [2.24, 2.45) is 5.73 Å². The van der Waals surface area contributed by atoms with Crippen LogP contribution in [0.2, 0.25) is 0 Å². The Morgan fingerprint density at radius 3 is 3.00 bits per heavy atom. The first-order valence-electron chi connectivity index (χ1n) is 5.26. The second kappa shape index (κ2) is 4.53. The van der Waals surface area contributed by atoms with Crippen molar-refractivity contribution in [1.29, 1.82) is 0 Å². The molecule has 1 atom stereocenters. The summed E-state index contributed by atoms with van der Waals surface area (Å²) < 4.78 is 0. The first kappa shape index (κ1) is 9.62. The van der Waals surface area contributed by atoms with Crippen molar-refractivity contribution < 1.29 is 0 Å². The summed E-state index contributed by atoms with van der Waals surface area (Å²) in [6.07, 6.45) is 4.40. The second-order valence-corrected chi connectivity index (χ2v) is 3.84. The van der Waals surface area contributed by atoms with Gasteiger partial charge in [-0.2, -0.15) is 0 Å². The lowest BCUT2D eigenvalue weighted by atomic mass is 9.95. The van der Waals surface area contributed by atoms with E-state index in [4.69, 9.17) is 5.73 Å². The van der Waals surface area contributed by atoms with Gasteiger partial charge in [0.15, 0.2) is 0 Å². The summed E-state index contributed by atoms with van der Waals surface area (Å²) in [6, 6.07) is 4.19. The first-order chi connectivity index (χ1) is 6.90. The zero-order valence-corrected chi connectivity index (χ0v) is 8.37. The van der Waals surface area contributed by atoms with E-state index in [0.717, 1.165) is 18.7 Å². The van der Waals surface area contributed by atoms with E-state index < -0.39 is 0 Å². The van der Waals surface area contributed by atoms with Gasteiger partial charge < -0.3 is 11.1 Å². The fraction of sp³-hybridized carbons (Fsp3) is 0.545. The fourth-order valence-electron chi connectivity index (χ4n) is 1.90. The van der Waals surface area contributed by atoms with Crippen molar-refractivity contribution in [2.75, 3.05) is 13.1 Å². The number of rotatable bonds is 2. The molecule has 0 saturated carbocycles. The maximum absolute atomic E-state index is 5.53. The molecule has 0 radical (unpaired) electrons. The summed E-state index contributed by atoms with van der Waals surface area (Å²) in [5.41, 5.74) is 7.84. The Morgan fingerprint density at radius 1 is 1.50 bits per heavy atom. The molecule has 1 fully saturated rings. The van der Waals surface area contributed by atoms with Gasteiger partial charge in [-0.25, -0.2) is 0 Å². The largest absolute Gasteiger partial charge is 0.326 e. The minimum Gasteiger partial charge on any atom is -0.326 e. The molecule has 2 rings (SSSR count). The summed E-state index contributed by atoms with van der Waals surface area (Å²) in [4.78, 5) is 4.45. The van der Waals surface area contributed by atoms with Gasteiger partial charge in [-0.1, -0.05) is 6.07 Å². The molecule has 3 N–H and O–H groups in total. The predicted octanol–water partition coefficient (Wildman–Crippen LogP) is 1.01. The minimum atomic E-state index is 0.580. The summed E-state index contributed by atoms with van der Waals surface area (Å²) in [5.74, 6) is 0.593. The van der Waals surface area contributed by atoms with Crippen LogP contribution < -0.4 is 11.1 Å². The molecule has 0 spiro atoms. The van der Waals surface area contributed by atoms with E-state index in [-0.39, 0.29) is 0 Å². The van der Waals surface area contributed by atoms with Crippen LogP contribution >= 0.6 is 0 Å². The van der Waals surface area contributed by atoms with Crippen LogP contribution in [0.5, 0.6) is 0 Å². The summed E-state index contributed by atoms with van der Waals surface area (Å²) in [5, 5.41) is 3.40. The average molecular weight is 191 g/mol. The third-order valence-electron chi connectivity index (χ3n) is 2.80. The Bertz CT molecular complexity index is 275. The number of nitrogens with one attached hydrogen (secondary N) is 1. The highest BCUT2D eigenvalue weighted by atomic mass is 14.9. The molecule has 1 aromatic rings. The highest BCUT2D eigenvalue weighted by Crippen LogP contribution is 2.21. The quantitative estimate of drug-likeness (QED) is 0.733. The molecular weight excluding hydrogens is 174 g/mol. The molecule has 1 aliphatic rings. The third-order valence-corrected chi connectivity index (χ3v) is 2.80. The molecule has 76 valence electrons. The number of pyridine rings is 1. The average Bonchev–Trinajstić information content (AvgIpc) is 2.30. The van der Waals surface area contributed by atoms with Crippen LogP contribution in [0.25, 0.3) is 0 Å². The summed E-state index contributed by atoms with van der Waals surface area (Å²) in [6.45, 7) is 2.79. The standard InChI is InChI=1S/C11H17N3/c12-6-9-3-4-11(14-7-9)10-2-1-5-13-8-10/h3-4,7,10,13H,1-2,5-6,8,12H2. The molecule has 0 amide bonds. The molecule has 3 heteroatoms. The molecular formula is C11H17N3. The van der Waals surface area contributed by atoms with Gasteiger partial charge in [0, 0.05) is 30.9 Å². The molecule has 2 heterocycles. The first-order valence-corrected chi connectivity index (χ1v) is 5.26. The van der Waals surface area contributed by atoms with Gasteiger partial charge in [0.25, 0.3) is 0 Å². The van der Waals surface area contributed by atoms with Crippen LogP contribution in [0.15, 0.2) is 18.3 Å². The van der Waals surface area contributed by atoms with Gasteiger partial charge in [-0.15, -0.1) is 0 Å². The molecule has 0 aromatic carbocycles. The fourth-order valence-corrected chi connectivity index (χ4v) is 1.90. The molecule has 0 bridgehead atoms. The van der Waals surface area contributed by atoms with Crippen LogP contribution in [-0.4, -0.2) is 18.1 Å². The second-order valence-electron chi connectivity index (χ2n) is 3.84. The van der Waals surface area contributed by atoms with Gasteiger partial charge in [0.1, 0.15) is 0 Å². The van der Waals surface area contributed by atoms with Crippen molar-refractivity contribution in [2.45, 2.75) is 25.3 Å². The van der Waals surface area contributed by atoms with E-state index in [9.17, 15) is 0 Å². The molecule has 1 aromatic heterocycles. The van der Waals surface area contributed by atoms with Crippen molar-refractivity contribution >= 4 is 0 Å². The van der Waals surface area contributed by atoms with Gasteiger partial charge >= 0.3 is 0 Å². The minimum absolute atomic E-state index is 0.580. The predicted molar refractivity (Wildman–Crippen MR) is 57.0 cm³/mol. The maximum Gasteiger partial charge on any atom is 0.0447 e. The van der Waals surface area contributed by atoms with E-state index in [2.05, 4.69) is 22.4 Å². The molecule has 1 saturated heterocycles. The number of nitrogens with zero attached hydrogens (tertiary/aromatic N) is 1. The van der Waals surface area contributed by atoms with Crippen LogP contribution in [0.3, 0.4) is 0 Å². The Morgan fingerprint density at radius 2 is 2.43 bits per heavy atom. The van der Waals surface area contributed by atoms with E-state index in [1.54, 1.807) is 0 Å². The van der Waals surface area contributed by atoms with Crippen molar-refractivity contribution in [3.05, 3.63) is 29.6 Å². The Balaban J connectivity index is 2.07.